The lowest BCUT2D eigenvalue weighted by atomic mass is 9.69. The highest BCUT2D eigenvalue weighted by molar-refractivity contribution is 5.60. The van der Waals surface area contributed by atoms with Gasteiger partial charge >= 0.3 is 6.16 Å². The molecule has 1 aliphatic rings. The number of benzene rings is 2. The molecule has 0 amide bonds. The first-order valence-corrected chi connectivity index (χ1v) is 12.1. The monoisotopic (exact) mass is 451 g/mol. The van der Waals surface area contributed by atoms with Gasteiger partial charge in [0.05, 0.1) is 6.61 Å². The van der Waals surface area contributed by atoms with E-state index in [4.69, 9.17) is 9.47 Å². The Balaban J connectivity index is 1.97. The number of hydrogen-bond acceptors (Lipinski definition) is 4. The van der Waals surface area contributed by atoms with Crippen LogP contribution in [0.3, 0.4) is 0 Å². The average Bonchev–Trinajstić information content (AvgIpc) is 3.21. The second-order valence-electron chi connectivity index (χ2n) is 11.5. The summed E-state index contributed by atoms with van der Waals surface area (Å²) >= 11 is 0. The quantitative estimate of drug-likeness (QED) is 0.528. The van der Waals surface area contributed by atoms with E-state index >= 15 is 0 Å². The normalized spacial score (nSPS) is 19.4. The second-order valence-corrected chi connectivity index (χ2v) is 11.5. The van der Waals surface area contributed by atoms with Gasteiger partial charge in [-0.25, -0.2) is 4.79 Å². The molecule has 1 fully saturated rings. The Morgan fingerprint density at radius 3 is 1.64 bits per heavy atom. The highest BCUT2D eigenvalue weighted by Crippen LogP contribution is 2.40. The minimum absolute atomic E-state index is 0.105. The van der Waals surface area contributed by atoms with Gasteiger partial charge in [-0.3, -0.25) is 0 Å². The first-order chi connectivity index (χ1) is 15.4. The maximum Gasteiger partial charge on any atom is 0.508 e. The van der Waals surface area contributed by atoms with Gasteiger partial charge in [-0.1, -0.05) is 90.1 Å². The number of rotatable bonds is 5. The molecule has 2 aromatic rings. The van der Waals surface area contributed by atoms with Crippen molar-refractivity contribution in [2.45, 2.75) is 90.2 Å². The number of carbonyl (C=O) groups is 1. The van der Waals surface area contributed by atoms with Crippen LogP contribution in [0.4, 0.5) is 4.79 Å². The van der Waals surface area contributed by atoms with Gasteiger partial charge in [-0.05, 0) is 46.9 Å². The molecule has 3 rings (SSSR count). The standard InChI is InChI=1S/C29H41NO3/c1-9-32-26(31)33-24-18-25(30-19-24)29(8,22-14-10-20(11-15-22)27(2,3)4)23-16-12-21(13-17-23)28(5,6)7/h10-17,24-25,30H,9,18-19H2,1-8H3. The second kappa shape index (κ2) is 9.50. The zero-order valence-electron chi connectivity index (χ0n) is 21.6. The summed E-state index contributed by atoms with van der Waals surface area (Å²) in [6, 6.07) is 18.2. The largest absolute Gasteiger partial charge is 0.508 e. The smallest absolute Gasteiger partial charge is 0.435 e. The molecular formula is C29H41NO3. The molecule has 2 atom stereocenters. The van der Waals surface area contributed by atoms with Gasteiger partial charge in [0.15, 0.2) is 0 Å². The highest BCUT2D eigenvalue weighted by Gasteiger charge is 2.43. The van der Waals surface area contributed by atoms with Crippen molar-refractivity contribution < 1.29 is 14.3 Å². The minimum Gasteiger partial charge on any atom is -0.435 e. The molecule has 1 heterocycles. The van der Waals surface area contributed by atoms with E-state index in [2.05, 4.69) is 102 Å². The Labute approximate surface area is 200 Å². The van der Waals surface area contributed by atoms with Crippen molar-refractivity contribution in [3.8, 4) is 0 Å². The molecule has 0 saturated carbocycles. The van der Waals surface area contributed by atoms with E-state index in [-0.39, 0.29) is 28.4 Å². The zero-order valence-corrected chi connectivity index (χ0v) is 21.6. The van der Waals surface area contributed by atoms with Crippen molar-refractivity contribution in [3.05, 3.63) is 70.8 Å². The van der Waals surface area contributed by atoms with Crippen LogP contribution in [0.1, 0.15) is 84.1 Å². The molecule has 1 saturated heterocycles. The fourth-order valence-electron chi connectivity index (χ4n) is 4.72. The molecule has 4 nitrogen and oxygen atoms in total. The highest BCUT2D eigenvalue weighted by atomic mass is 16.7. The molecule has 1 N–H and O–H groups in total. The van der Waals surface area contributed by atoms with E-state index in [0.717, 1.165) is 6.42 Å². The van der Waals surface area contributed by atoms with Crippen LogP contribution in [-0.2, 0) is 25.7 Å². The summed E-state index contributed by atoms with van der Waals surface area (Å²) in [6.45, 7) is 18.5. The van der Waals surface area contributed by atoms with Gasteiger partial charge in [-0.15, -0.1) is 0 Å². The summed E-state index contributed by atoms with van der Waals surface area (Å²) < 4.78 is 10.5. The molecule has 0 radical (unpaired) electrons. The first-order valence-electron chi connectivity index (χ1n) is 12.1. The van der Waals surface area contributed by atoms with Crippen molar-refractivity contribution in [2.24, 2.45) is 0 Å². The third-order valence-electron chi connectivity index (χ3n) is 7.01. The Morgan fingerprint density at radius 2 is 1.24 bits per heavy atom. The molecule has 180 valence electrons. The predicted octanol–water partition coefficient (Wildman–Crippen LogP) is 6.49. The van der Waals surface area contributed by atoms with Crippen molar-refractivity contribution in [2.75, 3.05) is 13.2 Å². The molecule has 1 aliphatic heterocycles. The number of nitrogens with one attached hydrogen (secondary N) is 1. The third-order valence-corrected chi connectivity index (χ3v) is 7.01. The van der Waals surface area contributed by atoms with Gasteiger partial charge in [-0.2, -0.15) is 0 Å². The van der Waals surface area contributed by atoms with E-state index < -0.39 is 6.16 Å². The summed E-state index contributed by atoms with van der Waals surface area (Å²) in [7, 11) is 0. The topological polar surface area (TPSA) is 47.6 Å². The minimum atomic E-state index is -0.587. The van der Waals surface area contributed by atoms with Crippen LogP contribution in [-0.4, -0.2) is 31.5 Å². The Kier molecular flexibility index (Phi) is 7.28. The van der Waals surface area contributed by atoms with Gasteiger partial charge < -0.3 is 14.8 Å². The fourth-order valence-corrected chi connectivity index (χ4v) is 4.72. The summed E-state index contributed by atoms with van der Waals surface area (Å²) in [4.78, 5) is 11.9. The van der Waals surface area contributed by atoms with Crippen LogP contribution in [0, 0.1) is 0 Å². The molecule has 2 unspecified atom stereocenters. The average molecular weight is 452 g/mol. The lowest BCUT2D eigenvalue weighted by Gasteiger charge is -2.38. The van der Waals surface area contributed by atoms with Gasteiger partial charge in [0.2, 0.25) is 0 Å². The predicted molar refractivity (Wildman–Crippen MR) is 135 cm³/mol. The molecule has 0 aromatic heterocycles. The Bertz CT molecular complexity index is 875. The van der Waals surface area contributed by atoms with E-state index in [0.29, 0.717) is 13.2 Å². The van der Waals surface area contributed by atoms with Crippen molar-refractivity contribution in [3.63, 3.8) is 0 Å². The maximum atomic E-state index is 11.9. The summed E-state index contributed by atoms with van der Waals surface area (Å²) in [5, 5.41) is 3.65. The molecule has 33 heavy (non-hydrogen) atoms. The SMILES string of the molecule is CCOC(=O)OC1CNC(C(C)(c2ccc(C(C)(C)C)cc2)c2ccc(C(C)(C)C)cc2)C1. The molecule has 0 spiro atoms. The van der Waals surface area contributed by atoms with Gasteiger partial charge in [0, 0.05) is 24.4 Å². The van der Waals surface area contributed by atoms with Crippen LogP contribution >= 0.6 is 0 Å². The van der Waals surface area contributed by atoms with Crippen molar-refractivity contribution in [1.82, 2.24) is 5.32 Å². The summed E-state index contributed by atoms with van der Waals surface area (Å²) in [6.07, 6.45) is -0.0519. The first kappa shape index (κ1) is 25.3. The van der Waals surface area contributed by atoms with Crippen LogP contribution in [0.5, 0.6) is 0 Å². The Morgan fingerprint density at radius 1 is 0.818 bits per heavy atom. The third kappa shape index (κ3) is 5.60. The molecule has 4 heteroatoms. The zero-order chi connectivity index (χ0) is 24.4. The van der Waals surface area contributed by atoms with Crippen molar-refractivity contribution >= 4 is 6.16 Å². The number of carbonyl (C=O) groups excluding carboxylic acids is 1. The van der Waals surface area contributed by atoms with Crippen LogP contribution in [0.15, 0.2) is 48.5 Å². The number of hydrogen-bond donors (Lipinski definition) is 1. The lowest BCUT2D eigenvalue weighted by molar-refractivity contribution is 0.0314. The van der Waals surface area contributed by atoms with Crippen LogP contribution in [0.2, 0.25) is 0 Å². The molecular weight excluding hydrogens is 410 g/mol. The van der Waals surface area contributed by atoms with Gasteiger partial charge in [0.1, 0.15) is 6.10 Å². The summed E-state index contributed by atoms with van der Waals surface area (Å²) in [5.41, 5.74) is 5.08. The van der Waals surface area contributed by atoms with Gasteiger partial charge in [0.25, 0.3) is 0 Å². The molecule has 0 aliphatic carbocycles. The van der Waals surface area contributed by atoms with E-state index in [9.17, 15) is 4.79 Å². The maximum absolute atomic E-state index is 11.9. The van der Waals surface area contributed by atoms with Crippen molar-refractivity contribution in [1.29, 1.82) is 0 Å². The van der Waals surface area contributed by atoms with E-state index in [1.165, 1.54) is 22.3 Å². The summed E-state index contributed by atoms with van der Waals surface area (Å²) in [5.74, 6) is 0. The fraction of sp³-hybridized carbons (Fsp3) is 0.552. The Hall–Kier alpha value is -2.33. The van der Waals surface area contributed by atoms with E-state index in [1.54, 1.807) is 6.92 Å². The molecule has 0 bridgehead atoms. The van der Waals surface area contributed by atoms with Crippen LogP contribution in [0.25, 0.3) is 0 Å². The number of ether oxygens (including phenoxy) is 2. The van der Waals surface area contributed by atoms with Crippen LogP contribution < -0.4 is 5.32 Å². The molecule has 2 aromatic carbocycles. The van der Waals surface area contributed by atoms with E-state index in [1.807, 2.05) is 0 Å². The lowest BCUT2D eigenvalue weighted by Crippen LogP contribution is -2.44.